The van der Waals surface area contributed by atoms with Crippen molar-refractivity contribution < 1.29 is 13.3 Å². The number of hydrogen-bond acceptors (Lipinski definition) is 5. The van der Waals surface area contributed by atoms with E-state index in [9.17, 15) is 0 Å². The first-order chi connectivity index (χ1) is 11.6. The molecule has 0 radical (unpaired) electrons. The predicted molar refractivity (Wildman–Crippen MR) is 98.7 cm³/mol. The molecule has 1 atom stereocenters. The molecule has 0 aromatic heterocycles. The summed E-state index contributed by atoms with van der Waals surface area (Å²) in [6, 6.07) is 20.1. The highest BCUT2D eigenvalue weighted by Crippen LogP contribution is 2.30. The van der Waals surface area contributed by atoms with Crippen molar-refractivity contribution in [1.82, 2.24) is 0 Å². The first kappa shape index (κ1) is 18.6. The van der Waals surface area contributed by atoms with Crippen LogP contribution in [0.5, 0.6) is 0 Å². The average molecular weight is 347 g/mol. The molecule has 0 amide bonds. The van der Waals surface area contributed by atoms with E-state index in [4.69, 9.17) is 19.1 Å². The van der Waals surface area contributed by atoms with Gasteiger partial charge in [-0.05, 0) is 24.1 Å². The zero-order valence-electron chi connectivity index (χ0n) is 14.5. The van der Waals surface area contributed by atoms with E-state index >= 15 is 0 Å². The number of para-hydroxylation sites is 1. The third-order valence-corrected chi connectivity index (χ3v) is 7.28. The number of nitrogens with two attached hydrogens (primary N) is 1. The van der Waals surface area contributed by atoms with Gasteiger partial charge in [-0.15, -0.1) is 0 Å². The molecule has 2 aromatic rings. The Labute approximate surface area is 145 Å². The molecular weight excluding hydrogens is 320 g/mol. The van der Waals surface area contributed by atoms with E-state index in [-0.39, 0.29) is 5.54 Å². The van der Waals surface area contributed by atoms with Gasteiger partial charge in [0.25, 0.3) is 0 Å². The minimum absolute atomic E-state index is 0.00473. The lowest BCUT2D eigenvalue weighted by Crippen LogP contribution is -2.53. The Kier molecular flexibility index (Phi) is 6.95. The lowest BCUT2D eigenvalue weighted by atomic mass is 10.1. The van der Waals surface area contributed by atoms with Gasteiger partial charge in [0.2, 0.25) is 0 Å². The maximum Gasteiger partial charge on any atom is 0.505 e. The van der Waals surface area contributed by atoms with Crippen LogP contribution in [0.25, 0.3) is 0 Å². The van der Waals surface area contributed by atoms with Crippen molar-refractivity contribution in [3.63, 3.8) is 0 Å². The molecule has 0 aliphatic rings. The van der Waals surface area contributed by atoms with Gasteiger partial charge in [0.05, 0.1) is 11.2 Å². The molecule has 0 saturated carbocycles. The second-order valence-corrected chi connectivity index (χ2v) is 8.84. The molecule has 0 aliphatic carbocycles. The molecule has 0 saturated heterocycles. The summed E-state index contributed by atoms with van der Waals surface area (Å²) in [5.41, 5.74) is 2.15. The Hall–Kier alpha value is -1.70. The highest BCUT2D eigenvalue weighted by atomic mass is 28.4. The first-order valence-electron chi connectivity index (χ1n) is 7.92. The maximum atomic E-state index is 6.30. The Morgan fingerprint density at radius 3 is 1.88 bits per heavy atom. The number of nitrogens with zero attached hydrogens (tertiary/aromatic N) is 1. The van der Waals surface area contributed by atoms with Gasteiger partial charge in [-0.2, -0.15) is 0 Å². The molecule has 0 aliphatic heterocycles. The second kappa shape index (κ2) is 8.96. The smallest absolute Gasteiger partial charge is 0.377 e. The fraction of sp³-hybridized carbons (Fsp3) is 0.333. The number of rotatable bonds is 9. The summed E-state index contributed by atoms with van der Waals surface area (Å²) in [6.07, 6.45) is 0.767. The van der Waals surface area contributed by atoms with Gasteiger partial charge in [0.15, 0.2) is 0 Å². The lowest BCUT2D eigenvalue weighted by molar-refractivity contribution is 0.111. The van der Waals surface area contributed by atoms with Gasteiger partial charge in [-0.25, -0.2) is 5.84 Å². The molecule has 130 valence electrons. The van der Waals surface area contributed by atoms with Crippen LogP contribution in [-0.4, -0.2) is 36.7 Å². The zero-order valence-corrected chi connectivity index (χ0v) is 15.5. The van der Waals surface area contributed by atoms with E-state index in [0.29, 0.717) is 6.54 Å². The Bertz CT molecular complexity index is 585. The molecule has 2 aromatic carbocycles. The minimum atomic E-state index is -2.85. The van der Waals surface area contributed by atoms with Gasteiger partial charge in [0, 0.05) is 27.9 Å². The van der Waals surface area contributed by atoms with Crippen LogP contribution in [-0.2, 0) is 19.7 Å². The van der Waals surface area contributed by atoms with Gasteiger partial charge >= 0.3 is 8.80 Å². The first-order valence-corrected chi connectivity index (χ1v) is 9.72. The summed E-state index contributed by atoms with van der Waals surface area (Å²) in [7, 11) is 2.07. The van der Waals surface area contributed by atoms with Crippen LogP contribution in [0.3, 0.4) is 0 Å². The van der Waals surface area contributed by atoms with Crippen LogP contribution in [0.15, 0.2) is 60.7 Å². The summed E-state index contributed by atoms with van der Waals surface area (Å²) < 4.78 is 17.2. The van der Waals surface area contributed by atoms with Crippen molar-refractivity contribution in [3.05, 3.63) is 66.2 Å². The predicted octanol–water partition coefficient (Wildman–Crippen LogP) is 2.86. The lowest BCUT2D eigenvalue weighted by Gasteiger charge is -2.35. The minimum Gasteiger partial charge on any atom is -0.377 e. The molecule has 0 heterocycles. The van der Waals surface area contributed by atoms with Crippen LogP contribution in [0, 0.1) is 0 Å². The highest BCUT2D eigenvalue weighted by Gasteiger charge is 2.47. The molecule has 5 nitrogen and oxygen atoms in total. The standard InChI is InChI=1S/C18H26N2O3Si/c1-21-24(22-2,23-3)18(14-16-10-6-4-7-11-16)15-20(19)17-12-8-5-9-13-17/h4-13,18H,14-15,19H2,1-3H3. The molecule has 0 fully saturated rings. The fourth-order valence-corrected chi connectivity index (χ4v) is 5.32. The molecular formula is C18H26N2O3Si. The van der Waals surface area contributed by atoms with E-state index in [2.05, 4.69) is 12.1 Å². The van der Waals surface area contributed by atoms with Crippen LogP contribution in [0.4, 0.5) is 5.69 Å². The van der Waals surface area contributed by atoms with E-state index in [1.165, 1.54) is 5.56 Å². The van der Waals surface area contributed by atoms with Gasteiger partial charge in [0.1, 0.15) is 0 Å². The monoisotopic (exact) mass is 346 g/mol. The van der Waals surface area contributed by atoms with Gasteiger partial charge < -0.3 is 18.3 Å². The number of hydrazine groups is 1. The molecule has 0 spiro atoms. The Morgan fingerprint density at radius 2 is 1.38 bits per heavy atom. The van der Waals surface area contributed by atoms with Crippen LogP contribution < -0.4 is 10.9 Å². The second-order valence-electron chi connectivity index (χ2n) is 5.59. The highest BCUT2D eigenvalue weighted by molar-refractivity contribution is 6.62. The number of hydrogen-bond donors (Lipinski definition) is 1. The number of benzene rings is 2. The van der Waals surface area contributed by atoms with Gasteiger partial charge in [-0.1, -0.05) is 48.5 Å². The van der Waals surface area contributed by atoms with E-state index in [0.717, 1.165) is 12.1 Å². The van der Waals surface area contributed by atoms with E-state index in [1.54, 1.807) is 26.3 Å². The summed E-state index contributed by atoms with van der Waals surface area (Å²) in [5, 5.41) is 1.73. The normalized spacial score (nSPS) is 12.8. The summed E-state index contributed by atoms with van der Waals surface area (Å²) in [4.78, 5) is 0. The molecule has 6 heteroatoms. The average Bonchev–Trinajstić information content (AvgIpc) is 2.65. The molecule has 1 unspecified atom stereocenters. The molecule has 2 rings (SSSR count). The fourth-order valence-electron chi connectivity index (χ4n) is 2.91. The summed E-state index contributed by atoms with van der Waals surface area (Å²) >= 11 is 0. The van der Waals surface area contributed by atoms with Crippen molar-refractivity contribution >= 4 is 14.5 Å². The zero-order chi connectivity index (χ0) is 17.4. The summed E-state index contributed by atoms with van der Waals surface area (Å²) in [6.45, 7) is 0.570. The van der Waals surface area contributed by atoms with Crippen molar-refractivity contribution in [2.24, 2.45) is 5.84 Å². The quantitative estimate of drug-likeness (QED) is 0.430. The SMILES string of the molecule is CO[Si](OC)(OC)C(Cc1ccccc1)CN(N)c1ccccc1. The van der Waals surface area contributed by atoms with Crippen LogP contribution in [0.2, 0.25) is 5.54 Å². The van der Waals surface area contributed by atoms with E-state index < -0.39 is 8.80 Å². The van der Waals surface area contributed by atoms with Crippen molar-refractivity contribution in [2.45, 2.75) is 12.0 Å². The molecule has 24 heavy (non-hydrogen) atoms. The summed E-state index contributed by atoms with van der Waals surface area (Å²) in [5.74, 6) is 6.30. The third-order valence-electron chi connectivity index (χ3n) is 4.18. The van der Waals surface area contributed by atoms with Crippen LogP contribution >= 0.6 is 0 Å². The van der Waals surface area contributed by atoms with E-state index in [1.807, 2.05) is 48.5 Å². The van der Waals surface area contributed by atoms with Crippen molar-refractivity contribution in [1.29, 1.82) is 0 Å². The molecule has 0 bridgehead atoms. The third kappa shape index (κ3) is 4.43. The Balaban J connectivity index is 2.25. The van der Waals surface area contributed by atoms with Gasteiger partial charge in [-0.3, -0.25) is 0 Å². The maximum absolute atomic E-state index is 6.30. The Morgan fingerprint density at radius 1 is 0.875 bits per heavy atom. The number of anilines is 1. The molecule has 2 N–H and O–H groups in total. The van der Waals surface area contributed by atoms with Crippen molar-refractivity contribution in [2.75, 3.05) is 32.9 Å². The van der Waals surface area contributed by atoms with Crippen molar-refractivity contribution in [3.8, 4) is 0 Å². The van der Waals surface area contributed by atoms with Crippen LogP contribution in [0.1, 0.15) is 5.56 Å². The largest absolute Gasteiger partial charge is 0.505 e. The topological polar surface area (TPSA) is 57.0 Å².